The maximum absolute atomic E-state index is 13.5. The highest BCUT2D eigenvalue weighted by Gasteiger charge is 2.50. The number of hydrogen-bond acceptors (Lipinski definition) is 5. The van der Waals surface area contributed by atoms with Gasteiger partial charge in [0, 0.05) is 34.8 Å². The molecule has 5 nitrogen and oxygen atoms in total. The number of ketones is 2. The van der Waals surface area contributed by atoms with Crippen LogP contribution in [0, 0.1) is 11.3 Å². The largest absolute Gasteiger partial charge is 0.454 e. The molecule has 1 saturated carbocycles. The average Bonchev–Trinajstić information content (AvgIpc) is 3.28. The van der Waals surface area contributed by atoms with Crippen LogP contribution in [0.3, 0.4) is 0 Å². The summed E-state index contributed by atoms with van der Waals surface area (Å²) in [4.78, 5) is 31.8. The Morgan fingerprint density at radius 2 is 1.70 bits per heavy atom. The molecule has 30 heavy (non-hydrogen) atoms. The molecule has 150 valence electrons. The van der Waals surface area contributed by atoms with Gasteiger partial charge in [-0.2, -0.15) is 0 Å². The molecular weight excluding hydrogens is 378 g/mol. The molecule has 0 saturated heterocycles. The second kappa shape index (κ2) is 5.91. The maximum atomic E-state index is 13.5. The number of benzene rings is 2. The molecule has 5 heteroatoms. The van der Waals surface area contributed by atoms with Crippen molar-refractivity contribution in [2.45, 2.75) is 32.6 Å². The van der Waals surface area contributed by atoms with E-state index in [4.69, 9.17) is 14.5 Å². The molecule has 0 N–H and O–H groups in total. The number of carbonyl (C=O) groups excluding carboxylic acids is 2. The summed E-state index contributed by atoms with van der Waals surface area (Å²) in [6.07, 6.45) is 1.24. The van der Waals surface area contributed by atoms with Crippen LogP contribution in [0.15, 0.2) is 53.0 Å². The Bertz CT molecular complexity index is 1200. The first kappa shape index (κ1) is 17.6. The summed E-state index contributed by atoms with van der Waals surface area (Å²) in [6.45, 7) is 4.40. The fourth-order valence-electron chi connectivity index (χ4n) is 5.39. The molecule has 0 radical (unpaired) electrons. The highest BCUT2D eigenvalue weighted by molar-refractivity contribution is 6.25. The van der Waals surface area contributed by atoms with E-state index in [1.807, 2.05) is 42.5 Å². The maximum Gasteiger partial charge on any atom is 0.231 e. The van der Waals surface area contributed by atoms with Crippen molar-refractivity contribution in [3.05, 3.63) is 64.7 Å². The second-order valence-corrected chi connectivity index (χ2v) is 9.29. The van der Waals surface area contributed by atoms with Crippen molar-refractivity contribution in [2.75, 3.05) is 6.79 Å². The Morgan fingerprint density at radius 1 is 0.933 bits per heavy atom. The zero-order valence-electron chi connectivity index (χ0n) is 16.9. The predicted octanol–water partition coefficient (Wildman–Crippen LogP) is 4.57. The van der Waals surface area contributed by atoms with Gasteiger partial charge in [0.2, 0.25) is 6.79 Å². The Morgan fingerprint density at radius 3 is 2.53 bits per heavy atom. The minimum Gasteiger partial charge on any atom is -0.454 e. The number of aliphatic imine (C=N–C) groups is 1. The van der Waals surface area contributed by atoms with Gasteiger partial charge >= 0.3 is 0 Å². The minimum absolute atomic E-state index is 0.0244. The third kappa shape index (κ3) is 2.38. The van der Waals surface area contributed by atoms with Crippen LogP contribution in [0.4, 0.5) is 0 Å². The number of ether oxygens (including phenoxy) is 2. The van der Waals surface area contributed by atoms with Gasteiger partial charge in [-0.15, -0.1) is 0 Å². The first-order valence-electron chi connectivity index (χ1n) is 10.3. The highest BCUT2D eigenvalue weighted by Crippen LogP contribution is 2.52. The first-order chi connectivity index (χ1) is 14.4. The number of nitrogens with zero attached hydrogens (tertiary/aromatic N) is 1. The fraction of sp³-hybridized carbons (Fsp3) is 0.320. The molecule has 2 aliphatic heterocycles. The summed E-state index contributed by atoms with van der Waals surface area (Å²) in [5.41, 5.74) is 4.56. The van der Waals surface area contributed by atoms with Gasteiger partial charge in [0.1, 0.15) is 5.78 Å². The molecule has 6 rings (SSSR count). The van der Waals surface area contributed by atoms with Crippen molar-refractivity contribution >= 4 is 23.0 Å². The van der Waals surface area contributed by atoms with Crippen LogP contribution in [0.1, 0.15) is 54.1 Å². The molecule has 0 spiro atoms. The molecule has 4 aliphatic rings. The number of Topliss-reactive ketones (excluding diaryl/α,β-unsaturated/α-hetero) is 2. The lowest BCUT2D eigenvalue weighted by Gasteiger charge is -2.40. The smallest absolute Gasteiger partial charge is 0.231 e. The molecule has 0 bridgehead atoms. The lowest BCUT2D eigenvalue weighted by atomic mass is 9.63. The van der Waals surface area contributed by atoms with Crippen LogP contribution in [0.25, 0.3) is 5.70 Å². The zero-order chi connectivity index (χ0) is 20.6. The number of hydrogen-bond donors (Lipinski definition) is 0. The molecule has 0 amide bonds. The van der Waals surface area contributed by atoms with Crippen LogP contribution < -0.4 is 9.47 Å². The minimum atomic E-state index is -0.407. The van der Waals surface area contributed by atoms with E-state index in [2.05, 4.69) is 13.8 Å². The molecule has 2 aromatic rings. The lowest BCUT2D eigenvalue weighted by molar-refractivity contribution is -0.124. The second-order valence-electron chi connectivity index (χ2n) is 9.29. The van der Waals surface area contributed by atoms with Gasteiger partial charge in [-0.1, -0.05) is 44.2 Å². The first-order valence-corrected chi connectivity index (χ1v) is 10.3. The Labute approximate surface area is 174 Å². The van der Waals surface area contributed by atoms with Crippen LogP contribution in [0.2, 0.25) is 0 Å². The normalized spacial score (nSPS) is 25.6. The van der Waals surface area contributed by atoms with E-state index in [1.54, 1.807) is 0 Å². The molecule has 2 aromatic carbocycles. The Hall–Kier alpha value is -3.21. The molecular formula is C25H21NO4. The summed E-state index contributed by atoms with van der Waals surface area (Å²) in [5.74, 6) is 0.715. The summed E-state index contributed by atoms with van der Waals surface area (Å²) in [7, 11) is 0. The molecule has 0 aromatic heterocycles. The van der Waals surface area contributed by atoms with Gasteiger partial charge < -0.3 is 9.47 Å². The molecule has 2 aliphatic carbocycles. The number of rotatable bonds is 1. The van der Waals surface area contributed by atoms with Crippen molar-refractivity contribution in [2.24, 2.45) is 16.3 Å². The number of fused-ring (bicyclic) bond motifs is 4. The van der Waals surface area contributed by atoms with Crippen LogP contribution in [-0.2, 0) is 4.79 Å². The monoisotopic (exact) mass is 399 g/mol. The van der Waals surface area contributed by atoms with Gasteiger partial charge in [-0.3, -0.25) is 14.6 Å². The summed E-state index contributed by atoms with van der Waals surface area (Å²) >= 11 is 0. The third-order valence-corrected chi connectivity index (χ3v) is 6.60. The SMILES string of the molecule is CC1(C)CC(=O)C2C(=NC3=C(C(=O)c4ccccc43)[C@H]2c2ccc3c(c2)OCO3)C1. The van der Waals surface area contributed by atoms with E-state index in [0.29, 0.717) is 29.1 Å². The molecule has 1 fully saturated rings. The van der Waals surface area contributed by atoms with Crippen LogP contribution >= 0.6 is 0 Å². The van der Waals surface area contributed by atoms with Crippen molar-refractivity contribution in [1.29, 1.82) is 0 Å². The summed E-state index contributed by atoms with van der Waals surface area (Å²) in [5, 5.41) is 0. The van der Waals surface area contributed by atoms with E-state index in [1.165, 1.54) is 0 Å². The quantitative estimate of drug-likeness (QED) is 0.705. The topological polar surface area (TPSA) is 65.0 Å². The van der Waals surface area contributed by atoms with Crippen molar-refractivity contribution in [3.8, 4) is 11.5 Å². The Kier molecular flexibility index (Phi) is 3.47. The van der Waals surface area contributed by atoms with Gasteiger partial charge in [-0.25, -0.2) is 0 Å². The van der Waals surface area contributed by atoms with Crippen molar-refractivity contribution < 1.29 is 19.1 Å². The van der Waals surface area contributed by atoms with E-state index in [9.17, 15) is 9.59 Å². The summed E-state index contributed by atoms with van der Waals surface area (Å²) < 4.78 is 11.0. The molecule has 1 unspecified atom stereocenters. The summed E-state index contributed by atoms with van der Waals surface area (Å²) in [6, 6.07) is 13.3. The zero-order valence-corrected chi connectivity index (χ0v) is 16.9. The predicted molar refractivity (Wildman–Crippen MR) is 112 cm³/mol. The lowest BCUT2D eigenvalue weighted by Crippen LogP contribution is -2.43. The van der Waals surface area contributed by atoms with Crippen LogP contribution in [-0.4, -0.2) is 24.1 Å². The van der Waals surface area contributed by atoms with E-state index in [-0.39, 0.29) is 29.7 Å². The van der Waals surface area contributed by atoms with Gasteiger partial charge in [0.25, 0.3) is 0 Å². The molecule has 2 atom stereocenters. The third-order valence-electron chi connectivity index (χ3n) is 6.60. The number of carbonyl (C=O) groups is 2. The Balaban J connectivity index is 1.58. The fourth-order valence-corrected chi connectivity index (χ4v) is 5.39. The van der Waals surface area contributed by atoms with E-state index < -0.39 is 5.92 Å². The number of allylic oxidation sites excluding steroid dienone is 1. The van der Waals surface area contributed by atoms with Gasteiger partial charge in [0.05, 0.1) is 11.6 Å². The van der Waals surface area contributed by atoms with Crippen LogP contribution in [0.5, 0.6) is 11.5 Å². The van der Waals surface area contributed by atoms with Gasteiger partial charge in [0.15, 0.2) is 17.3 Å². The average molecular weight is 399 g/mol. The highest BCUT2D eigenvalue weighted by atomic mass is 16.7. The van der Waals surface area contributed by atoms with Gasteiger partial charge in [-0.05, 0) is 29.5 Å². The van der Waals surface area contributed by atoms with E-state index >= 15 is 0 Å². The van der Waals surface area contributed by atoms with E-state index in [0.717, 1.165) is 29.0 Å². The standard InChI is InChI=1S/C25H21NO4/c1-25(2)10-16-21(17(27)11-25)20(13-7-8-18-19(9-13)30-12-29-18)22-23(26-16)14-5-3-4-6-15(14)24(22)28/h3-9,20-21H,10-12H2,1-2H3/t20-,21?/m0/s1. The molecule has 2 heterocycles. The van der Waals surface area contributed by atoms with Crippen molar-refractivity contribution in [3.63, 3.8) is 0 Å². The van der Waals surface area contributed by atoms with Crippen molar-refractivity contribution in [1.82, 2.24) is 0 Å².